The summed E-state index contributed by atoms with van der Waals surface area (Å²) in [7, 11) is 0. The van der Waals surface area contributed by atoms with E-state index in [2.05, 4.69) is 37.8 Å². The summed E-state index contributed by atoms with van der Waals surface area (Å²) in [4.78, 5) is 0. The molecule has 1 N–H and O–H groups in total. The topological polar surface area (TPSA) is 23.9 Å². The lowest BCUT2D eigenvalue weighted by Gasteiger charge is -2.05. The Hall–Kier alpha value is -1.59. The Morgan fingerprint density at radius 1 is 1.12 bits per heavy atom. The molecule has 0 aliphatic carbocycles. The first-order chi connectivity index (χ1) is 7.41. The van der Waals surface area contributed by atoms with Gasteiger partial charge in [0.05, 0.1) is 0 Å². The summed E-state index contributed by atoms with van der Waals surface area (Å²) in [6.07, 6.45) is 0. The van der Waals surface area contributed by atoms with Crippen molar-refractivity contribution in [2.24, 2.45) is 0 Å². The number of hydrogen-bond acceptors (Lipinski definition) is 1. The van der Waals surface area contributed by atoms with E-state index < -0.39 is 0 Å². The molecule has 0 atom stereocenters. The maximum absolute atomic E-state index is 7.54. The van der Waals surface area contributed by atoms with Crippen molar-refractivity contribution >= 4 is 11.3 Å². The second-order valence-electron chi connectivity index (χ2n) is 4.32. The first kappa shape index (κ1) is 12.5. The van der Waals surface area contributed by atoms with Crippen LogP contribution in [0.5, 0.6) is 0 Å². The summed E-state index contributed by atoms with van der Waals surface area (Å²) in [6.45, 7) is 9.96. The van der Waals surface area contributed by atoms with Crippen molar-refractivity contribution in [2.45, 2.75) is 34.6 Å². The number of hydrogen-bond donors (Lipinski definition) is 1. The minimum atomic E-state index is 0.574. The summed E-state index contributed by atoms with van der Waals surface area (Å²) in [6, 6.07) is 6.41. The highest BCUT2D eigenvalue weighted by molar-refractivity contribution is 5.95. The van der Waals surface area contributed by atoms with E-state index in [0.29, 0.717) is 5.71 Å². The van der Waals surface area contributed by atoms with Crippen LogP contribution in [0, 0.1) is 19.3 Å². The molecule has 0 spiro atoms. The largest absolute Gasteiger partial charge is 0.305 e. The van der Waals surface area contributed by atoms with Crippen LogP contribution in [-0.2, 0) is 0 Å². The molecule has 0 fully saturated rings. The van der Waals surface area contributed by atoms with Gasteiger partial charge in [-0.25, -0.2) is 0 Å². The van der Waals surface area contributed by atoms with Gasteiger partial charge in [-0.15, -0.1) is 5.73 Å². The van der Waals surface area contributed by atoms with Crippen LogP contribution in [0.4, 0.5) is 0 Å². The van der Waals surface area contributed by atoms with Gasteiger partial charge in [-0.2, -0.15) is 0 Å². The average molecular weight is 213 g/mol. The Morgan fingerprint density at radius 2 is 1.75 bits per heavy atom. The normalized spacial score (nSPS) is 9.56. The summed E-state index contributed by atoms with van der Waals surface area (Å²) in [5.41, 5.74) is 9.58. The Kier molecular flexibility index (Phi) is 3.87. The van der Waals surface area contributed by atoms with Crippen molar-refractivity contribution in [1.82, 2.24) is 0 Å². The summed E-state index contributed by atoms with van der Waals surface area (Å²) in [5, 5.41) is 7.54. The minimum absolute atomic E-state index is 0.574. The van der Waals surface area contributed by atoms with Crippen molar-refractivity contribution < 1.29 is 0 Å². The molecule has 1 heteroatoms. The van der Waals surface area contributed by atoms with E-state index in [-0.39, 0.29) is 0 Å². The highest BCUT2D eigenvalue weighted by Crippen LogP contribution is 2.19. The molecule has 16 heavy (non-hydrogen) atoms. The fourth-order valence-corrected chi connectivity index (χ4v) is 1.58. The van der Waals surface area contributed by atoms with E-state index in [1.807, 2.05) is 13.8 Å². The zero-order chi connectivity index (χ0) is 12.3. The quantitative estimate of drug-likeness (QED) is 0.559. The smallest absolute Gasteiger partial charge is 0.0389 e. The third-order valence-electron chi connectivity index (χ3n) is 2.73. The van der Waals surface area contributed by atoms with E-state index in [0.717, 1.165) is 11.1 Å². The molecule has 1 aromatic carbocycles. The van der Waals surface area contributed by atoms with Gasteiger partial charge in [-0.05, 0) is 51.3 Å². The molecule has 0 unspecified atom stereocenters. The summed E-state index contributed by atoms with van der Waals surface area (Å²) in [5.74, 6) is 0. The van der Waals surface area contributed by atoms with Gasteiger partial charge in [0.2, 0.25) is 0 Å². The van der Waals surface area contributed by atoms with E-state index in [1.54, 1.807) is 6.92 Å². The molecule has 0 heterocycles. The van der Waals surface area contributed by atoms with Crippen molar-refractivity contribution in [3.8, 4) is 0 Å². The number of nitrogens with one attached hydrogen (secondary N) is 1. The molecule has 1 rings (SSSR count). The summed E-state index contributed by atoms with van der Waals surface area (Å²) >= 11 is 0. The first-order valence-electron chi connectivity index (χ1n) is 5.49. The molecule has 0 aliphatic heterocycles. The van der Waals surface area contributed by atoms with Crippen LogP contribution in [0.3, 0.4) is 0 Å². The van der Waals surface area contributed by atoms with Crippen molar-refractivity contribution in [2.75, 3.05) is 0 Å². The SMILES string of the molecule is CC(=N)C(C)=C=C(C)c1cc(C)ccc1C. The van der Waals surface area contributed by atoms with Gasteiger partial charge in [0.1, 0.15) is 0 Å². The Bertz CT molecular complexity index is 486. The monoisotopic (exact) mass is 213 g/mol. The van der Waals surface area contributed by atoms with E-state index in [4.69, 9.17) is 5.41 Å². The van der Waals surface area contributed by atoms with Crippen LogP contribution < -0.4 is 0 Å². The molecular formula is C15H19N. The number of rotatable bonds is 2. The lowest BCUT2D eigenvalue weighted by atomic mass is 9.99. The standard InChI is InChI=1S/C15H19N/c1-10-6-7-11(2)15(8-10)13(4)9-12(3)14(5)16/h6-8,16H,1-5H3. The Labute approximate surface area is 98.0 Å². The molecule has 1 aromatic rings. The molecular weight excluding hydrogens is 194 g/mol. The lowest BCUT2D eigenvalue weighted by Crippen LogP contribution is -1.90. The van der Waals surface area contributed by atoms with Gasteiger partial charge in [0.25, 0.3) is 0 Å². The van der Waals surface area contributed by atoms with Crippen LogP contribution >= 0.6 is 0 Å². The zero-order valence-corrected chi connectivity index (χ0v) is 10.7. The van der Waals surface area contributed by atoms with Crippen molar-refractivity contribution in [1.29, 1.82) is 5.41 Å². The van der Waals surface area contributed by atoms with Crippen LogP contribution in [-0.4, -0.2) is 5.71 Å². The molecule has 0 radical (unpaired) electrons. The highest BCUT2D eigenvalue weighted by Gasteiger charge is 2.00. The maximum Gasteiger partial charge on any atom is 0.0389 e. The number of benzene rings is 1. The number of aryl methyl sites for hydroxylation is 2. The van der Waals surface area contributed by atoms with Crippen LogP contribution in [0.25, 0.3) is 5.57 Å². The predicted octanol–water partition coefficient (Wildman–Crippen LogP) is 4.29. The van der Waals surface area contributed by atoms with Gasteiger partial charge < -0.3 is 5.41 Å². The van der Waals surface area contributed by atoms with E-state index in [1.165, 1.54) is 16.7 Å². The van der Waals surface area contributed by atoms with E-state index in [9.17, 15) is 0 Å². The van der Waals surface area contributed by atoms with Crippen LogP contribution in [0.15, 0.2) is 29.5 Å². The molecule has 0 aliphatic rings. The van der Waals surface area contributed by atoms with Gasteiger partial charge in [0.15, 0.2) is 0 Å². The second kappa shape index (κ2) is 4.96. The van der Waals surface area contributed by atoms with Crippen molar-refractivity contribution in [3.05, 3.63) is 46.2 Å². The molecule has 0 amide bonds. The average Bonchev–Trinajstić information content (AvgIpc) is 2.21. The highest BCUT2D eigenvalue weighted by atomic mass is 14.4. The van der Waals surface area contributed by atoms with Crippen molar-refractivity contribution in [3.63, 3.8) is 0 Å². The fourth-order valence-electron chi connectivity index (χ4n) is 1.58. The van der Waals surface area contributed by atoms with Gasteiger partial charge in [-0.3, -0.25) is 0 Å². The minimum Gasteiger partial charge on any atom is -0.305 e. The molecule has 84 valence electrons. The second-order valence-corrected chi connectivity index (χ2v) is 4.32. The van der Waals surface area contributed by atoms with Gasteiger partial charge in [-0.1, -0.05) is 23.8 Å². The lowest BCUT2D eigenvalue weighted by molar-refractivity contribution is 1.35. The first-order valence-corrected chi connectivity index (χ1v) is 5.49. The third-order valence-corrected chi connectivity index (χ3v) is 2.73. The van der Waals surface area contributed by atoms with E-state index >= 15 is 0 Å². The Morgan fingerprint density at radius 3 is 2.31 bits per heavy atom. The zero-order valence-electron chi connectivity index (χ0n) is 10.7. The third kappa shape index (κ3) is 2.95. The molecule has 0 saturated heterocycles. The van der Waals surface area contributed by atoms with Gasteiger partial charge >= 0.3 is 0 Å². The van der Waals surface area contributed by atoms with Crippen LogP contribution in [0.2, 0.25) is 0 Å². The molecule has 1 nitrogen and oxygen atoms in total. The van der Waals surface area contributed by atoms with Crippen LogP contribution in [0.1, 0.15) is 37.5 Å². The number of allylic oxidation sites excluding steroid dienone is 1. The van der Waals surface area contributed by atoms with Gasteiger partial charge in [0, 0.05) is 11.3 Å². The predicted molar refractivity (Wildman–Crippen MR) is 71.1 cm³/mol. The molecule has 0 aromatic heterocycles. The summed E-state index contributed by atoms with van der Waals surface area (Å²) < 4.78 is 0. The molecule has 0 bridgehead atoms. The fraction of sp³-hybridized carbons (Fsp3) is 0.333. The molecule has 0 saturated carbocycles. The maximum atomic E-state index is 7.54. The Balaban J connectivity index is 3.34.